The zero-order chi connectivity index (χ0) is 18.2. The minimum absolute atomic E-state index is 0.211. The molecule has 10 heteroatoms. The SMILES string of the molecule is Cc1c(Cl)cc(NC(=O)N2C[C@@H](C(F)(F)F)[C@H](C(=O)O)C2)cc1Cl. The number of urea groups is 1. The first-order chi connectivity index (χ1) is 11.0. The van der Waals surface area contributed by atoms with Crippen molar-refractivity contribution in [1.82, 2.24) is 4.90 Å². The van der Waals surface area contributed by atoms with Gasteiger partial charge in [0.1, 0.15) is 0 Å². The number of nitrogens with one attached hydrogen (secondary N) is 1. The summed E-state index contributed by atoms with van der Waals surface area (Å²) in [6.07, 6.45) is -4.70. The number of rotatable bonds is 2. The lowest BCUT2D eigenvalue weighted by Gasteiger charge is -2.19. The van der Waals surface area contributed by atoms with Gasteiger partial charge in [0, 0.05) is 28.8 Å². The van der Waals surface area contributed by atoms with Gasteiger partial charge >= 0.3 is 18.2 Å². The topological polar surface area (TPSA) is 69.6 Å². The maximum Gasteiger partial charge on any atom is 0.394 e. The predicted molar refractivity (Wildman–Crippen MR) is 82.5 cm³/mol. The van der Waals surface area contributed by atoms with Gasteiger partial charge in [0.05, 0.1) is 11.8 Å². The summed E-state index contributed by atoms with van der Waals surface area (Å²) in [6, 6.07) is 1.98. The number of anilines is 1. The van der Waals surface area contributed by atoms with Crippen LogP contribution in [0, 0.1) is 18.8 Å². The molecule has 0 spiro atoms. The van der Waals surface area contributed by atoms with Crippen molar-refractivity contribution in [2.75, 3.05) is 18.4 Å². The van der Waals surface area contributed by atoms with Gasteiger partial charge < -0.3 is 15.3 Å². The van der Waals surface area contributed by atoms with Gasteiger partial charge in [-0.3, -0.25) is 4.79 Å². The van der Waals surface area contributed by atoms with Crippen LogP contribution in [0.4, 0.5) is 23.7 Å². The van der Waals surface area contributed by atoms with Gasteiger partial charge in [0.2, 0.25) is 0 Å². The van der Waals surface area contributed by atoms with Crippen molar-refractivity contribution in [3.05, 3.63) is 27.7 Å². The molecule has 0 aliphatic carbocycles. The first-order valence-corrected chi connectivity index (χ1v) is 7.57. The molecular formula is C14H13Cl2F3N2O3. The van der Waals surface area contributed by atoms with Crippen LogP contribution in [-0.2, 0) is 4.79 Å². The summed E-state index contributed by atoms with van der Waals surface area (Å²) in [4.78, 5) is 24.0. The highest BCUT2D eigenvalue weighted by Crippen LogP contribution is 2.38. The Bertz CT molecular complexity index is 659. The number of nitrogens with zero attached hydrogens (tertiary/aromatic N) is 1. The largest absolute Gasteiger partial charge is 0.481 e. The summed E-state index contributed by atoms with van der Waals surface area (Å²) < 4.78 is 38.8. The van der Waals surface area contributed by atoms with Crippen LogP contribution < -0.4 is 5.32 Å². The van der Waals surface area contributed by atoms with E-state index < -0.39 is 43.1 Å². The maximum atomic E-state index is 12.9. The molecule has 0 aromatic heterocycles. The fourth-order valence-electron chi connectivity index (χ4n) is 2.47. The normalized spacial score (nSPS) is 21.0. The number of carbonyl (C=O) groups is 2. The third kappa shape index (κ3) is 3.87. The number of aliphatic carboxylic acids is 1. The number of hydrogen-bond acceptors (Lipinski definition) is 2. The number of carbonyl (C=O) groups excluding carboxylic acids is 1. The van der Waals surface area contributed by atoms with E-state index >= 15 is 0 Å². The lowest BCUT2D eigenvalue weighted by atomic mass is 9.96. The minimum Gasteiger partial charge on any atom is -0.481 e. The quantitative estimate of drug-likeness (QED) is 0.808. The van der Waals surface area contributed by atoms with Crippen molar-refractivity contribution >= 4 is 40.9 Å². The van der Waals surface area contributed by atoms with Gasteiger partial charge in [-0.25, -0.2) is 4.79 Å². The summed E-state index contributed by atoms with van der Waals surface area (Å²) in [6.45, 7) is 0.417. The number of amides is 2. The third-order valence-electron chi connectivity index (χ3n) is 3.88. The third-order valence-corrected chi connectivity index (χ3v) is 4.66. The molecule has 0 saturated carbocycles. The van der Waals surface area contributed by atoms with Gasteiger partial charge in [0.15, 0.2) is 0 Å². The summed E-state index contributed by atoms with van der Waals surface area (Å²) in [5.41, 5.74) is 0.809. The van der Waals surface area contributed by atoms with Crippen LogP contribution in [0.5, 0.6) is 0 Å². The van der Waals surface area contributed by atoms with Crippen LogP contribution in [0.1, 0.15) is 5.56 Å². The van der Waals surface area contributed by atoms with E-state index in [-0.39, 0.29) is 15.7 Å². The van der Waals surface area contributed by atoms with Gasteiger partial charge in [-0.05, 0) is 24.6 Å². The Kier molecular flexibility index (Phi) is 5.19. The van der Waals surface area contributed by atoms with Crippen molar-refractivity contribution in [1.29, 1.82) is 0 Å². The molecule has 2 amide bonds. The zero-order valence-corrected chi connectivity index (χ0v) is 13.8. The summed E-state index contributed by atoms with van der Waals surface area (Å²) in [7, 11) is 0. The average molecular weight is 385 g/mol. The molecule has 132 valence electrons. The minimum atomic E-state index is -4.70. The Morgan fingerprint density at radius 1 is 1.25 bits per heavy atom. The molecule has 0 radical (unpaired) electrons. The standard InChI is InChI=1S/C14H13Cl2F3N2O3/c1-6-10(15)2-7(3-11(6)16)20-13(24)21-4-8(12(22)23)9(5-21)14(17,18)19/h2-3,8-9H,4-5H2,1H3,(H,20,24)(H,22,23)/t8-,9-/m1/s1. The van der Waals surface area contributed by atoms with Crippen LogP contribution in [0.3, 0.4) is 0 Å². The molecule has 1 saturated heterocycles. The number of hydrogen-bond donors (Lipinski definition) is 2. The molecule has 1 aliphatic heterocycles. The molecule has 24 heavy (non-hydrogen) atoms. The molecule has 1 fully saturated rings. The molecule has 2 rings (SSSR count). The number of likely N-dealkylation sites (tertiary alicyclic amines) is 1. The smallest absolute Gasteiger partial charge is 0.394 e. The number of benzene rings is 1. The second-order valence-corrected chi connectivity index (χ2v) is 6.31. The first-order valence-electron chi connectivity index (χ1n) is 6.81. The van der Waals surface area contributed by atoms with E-state index in [1.165, 1.54) is 12.1 Å². The van der Waals surface area contributed by atoms with Gasteiger partial charge in [-0.15, -0.1) is 0 Å². The van der Waals surface area contributed by atoms with Crippen LogP contribution >= 0.6 is 23.2 Å². The van der Waals surface area contributed by atoms with E-state index in [0.29, 0.717) is 5.56 Å². The molecular weight excluding hydrogens is 372 g/mol. The maximum absolute atomic E-state index is 12.9. The molecule has 1 aromatic carbocycles. The van der Waals surface area contributed by atoms with Crippen molar-refractivity contribution in [2.45, 2.75) is 13.1 Å². The molecule has 1 heterocycles. The second kappa shape index (κ2) is 6.68. The number of carboxylic acids is 1. The predicted octanol–water partition coefficient (Wildman–Crippen LogP) is 4.03. The first kappa shape index (κ1) is 18.7. The van der Waals surface area contributed by atoms with Crippen molar-refractivity contribution in [2.24, 2.45) is 11.8 Å². The van der Waals surface area contributed by atoms with E-state index in [1.807, 2.05) is 0 Å². The van der Waals surface area contributed by atoms with Crippen molar-refractivity contribution in [3.8, 4) is 0 Å². The lowest BCUT2D eigenvalue weighted by Crippen LogP contribution is -2.35. The van der Waals surface area contributed by atoms with E-state index in [9.17, 15) is 22.8 Å². The Morgan fingerprint density at radius 2 is 1.79 bits per heavy atom. The van der Waals surface area contributed by atoms with E-state index in [1.54, 1.807) is 6.92 Å². The molecule has 2 atom stereocenters. The molecule has 5 nitrogen and oxygen atoms in total. The number of alkyl halides is 3. The fraction of sp³-hybridized carbons (Fsp3) is 0.429. The highest BCUT2D eigenvalue weighted by Gasteiger charge is 2.53. The van der Waals surface area contributed by atoms with Crippen LogP contribution in [0.25, 0.3) is 0 Å². The van der Waals surface area contributed by atoms with Crippen molar-refractivity contribution in [3.63, 3.8) is 0 Å². The molecule has 0 bridgehead atoms. The summed E-state index contributed by atoms with van der Waals surface area (Å²) in [5.74, 6) is -5.39. The van der Waals surface area contributed by atoms with Crippen LogP contribution in [0.15, 0.2) is 12.1 Å². The van der Waals surface area contributed by atoms with E-state index in [4.69, 9.17) is 28.3 Å². The summed E-state index contributed by atoms with van der Waals surface area (Å²) in [5, 5.41) is 11.9. The number of halogens is 5. The van der Waals surface area contributed by atoms with Gasteiger partial charge in [0.25, 0.3) is 0 Å². The van der Waals surface area contributed by atoms with Crippen molar-refractivity contribution < 1.29 is 27.9 Å². The lowest BCUT2D eigenvalue weighted by molar-refractivity contribution is -0.187. The van der Waals surface area contributed by atoms with E-state index in [2.05, 4.69) is 5.32 Å². The Morgan fingerprint density at radius 3 is 2.21 bits per heavy atom. The van der Waals surface area contributed by atoms with Crippen LogP contribution in [0.2, 0.25) is 10.0 Å². The number of carboxylic acid groups (broad SMARTS) is 1. The molecule has 1 aromatic rings. The summed E-state index contributed by atoms with van der Waals surface area (Å²) >= 11 is 11.9. The zero-order valence-electron chi connectivity index (χ0n) is 12.3. The Balaban J connectivity index is 2.15. The average Bonchev–Trinajstić information content (AvgIpc) is 2.90. The van der Waals surface area contributed by atoms with Gasteiger partial charge in [-0.1, -0.05) is 23.2 Å². The molecule has 1 aliphatic rings. The molecule has 2 N–H and O–H groups in total. The van der Waals surface area contributed by atoms with Crippen LogP contribution in [-0.4, -0.2) is 41.3 Å². The molecule has 0 unspecified atom stereocenters. The van der Waals surface area contributed by atoms with E-state index in [0.717, 1.165) is 4.90 Å². The highest BCUT2D eigenvalue weighted by molar-refractivity contribution is 6.36. The van der Waals surface area contributed by atoms with Gasteiger partial charge in [-0.2, -0.15) is 13.2 Å². The Labute approximate surface area is 145 Å². The fourth-order valence-corrected chi connectivity index (χ4v) is 2.96. The highest BCUT2D eigenvalue weighted by atomic mass is 35.5. The monoisotopic (exact) mass is 384 g/mol. The second-order valence-electron chi connectivity index (χ2n) is 5.49. The Hall–Kier alpha value is -1.67.